The molecular weight excluding hydrogens is 388 g/mol. The minimum absolute atomic E-state index is 0.0397. The summed E-state index contributed by atoms with van der Waals surface area (Å²) in [5.74, 6) is -0.997. The Balaban J connectivity index is 2.17. The molecule has 1 aromatic carbocycles. The van der Waals surface area contributed by atoms with Crippen LogP contribution in [-0.4, -0.2) is 60.1 Å². The average Bonchev–Trinajstić information content (AvgIpc) is 2.66. The number of aliphatic hydroxyl groups excluding tert-OH is 1. The van der Waals surface area contributed by atoms with Crippen LogP contribution in [0.1, 0.15) is 18.4 Å². The van der Waals surface area contributed by atoms with Gasteiger partial charge in [-0.05, 0) is 36.6 Å². The first-order valence-electron chi connectivity index (χ1n) is 8.44. The number of aliphatic hydroxyl groups is 1. The third-order valence-electron chi connectivity index (χ3n) is 4.90. The first-order valence-corrected chi connectivity index (χ1v) is 9.52. The summed E-state index contributed by atoms with van der Waals surface area (Å²) < 4.78 is 29.0. The van der Waals surface area contributed by atoms with Gasteiger partial charge in [0.05, 0.1) is 11.1 Å². The normalized spacial score (nSPS) is 27.0. The molecule has 1 fully saturated rings. The lowest BCUT2D eigenvalue weighted by molar-refractivity contribution is -0.138. The predicted molar refractivity (Wildman–Crippen MR) is 99.7 cm³/mol. The van der Waals surface area contributed by atoms with Crippen molar-refractivity contribution in [1.29, 1.82) is 5.26 Å². The van der Waals surface area contributed by atoms with Crippen molar-refractivity contribution in [1.82, 2.24) is 0 Å². The van der Waals surface area contributed by atoms with Crippen LogP contribution in [0.4, 0.5) is 5.69 Å². The number of hydrogen-bond acceptors (Lipinski definition) is 9. The molecule has 3 atom stereocenters. The monoisotopic (exact) mass is 406 g/mol. The lowest BCUT2D eigenvalue weighted by Gasteiger charge is -2.43. The van der Waals surface area contributed by atoms with Crippen LogP contribution in [0, 0.1) is 11.5 Å². The summed E-state index contributed by atoms with van der Waals surface area (Å²) in [7, 11) is -2.79. The number of nitriles is 1. The van der Waals surface area contributed by atoms with Crippen LogP contribution in [0.15, 0.2) is 23.2 Å². The quantitative estimate of drug-likeness (QED) is 0.334. The van der Waals surface area contributed by atoms with Crippen molar-refractivity contribution in [2.75, 3.05) is 11.4 Å². The molecule has 2 aliphatic rings. The van der Waals surface area contributed by atoms with E-state index >= 15 is 0 Å². The number of carboxylic acids is 1. The number of nitrogens with zero attached hydrogens (tertiary/aromatic N) is 3. The Labute approximate surface area is 162 Å². The number of anilines is 1. The number of nitrogens with two attached hydrogens (primary N) is 1. The number of fused-ring (bicyclic) bond motifs is 1. The minimum atomic E-state index is -2.79. The maximum Gasteiger partial charge on any atom is 0.340 e. The number of benzene rings is 1. The van der Waals surface area contributed by atoms with Crippen LogP contribution in [0.2, 0.25) is 0 Å². The lowest BCUT2D eigenvalue weighted by atomic mass is 9.86. The highest BCUT2D eigenvalue weighted by molar-refractivity contribution is 7.73. The molecule has 2 heterocycles. The van der Waals surface area contributed by atoms with Crippen LogP contribution in [-0.2, 0) is 21.5 Å². The zero-order valence-corrected chi connectivity index (χ0v) is 15.5. The van der Waals surface area contributed by atoms with E-state index in [1.54, 1.807) is 18.2 Å². The van der Waals surface area contributed by atoms with E-state index in [2.05, 4.69) is 4.99 Å². The molecule has 0 bridgehead atoms. The van der Waals surface area contributed by atoms with Gasteiger partial charge in [-0.2, -0.15) is 18.7 Å². The van der Waals surface area contributed by atoms with Gasteiger partial charge in [-0.25, -0.2) is 4.79 Å². The molecule has 11 heteroatoms. The molecule has 3 rings (SSSR count). The molecule has 0 spiro atoms. The second-order valence-corrected chi connectivity index (χ2v) is 7.45. The first-order chi connectivity index (χ1) is 13.3. The van der Waals surface area contributed by atoms with E-state index in [-0.39, 0.29) is 24.3 Å². The van der Waals surface area contributed by atoms with Gasteiger partial charge in [-0.15, -0.1) is 0 Å². The largest absolute Gasteiger partial charge is 0.479 e. The number of aliphatic carboxylic acids is 1. The fourth-order valence-electron chi connectivity index (χ4n) is 3.59. The Kier molecular flexibility index (Phi) is 5.37. The van der Waals surface area contributed by atoms with E-state index in [1.807, 2.05) is 0 Å². The summed E-state index contributed by atoms with van der Waals surface area (Å²) >= 11 is 0. The third kappa shape index (κ3) is 3.22. The van der Waals surface area contributed by atoms with Gasteiger partial charge in [0.2, 0.25) is 22.0 Å². The van der Waals surface area contributed by atoms with Crippen LogP contribution in [0.3, 0.4) is 0 Å². The Morgan fingerprint density at radius 2 is 2.25 bits per heavy atom. The second kappa shape index (κ2) is 7.59. The maximum absolute atomic E-state index is 12.2. The summed E-state index contributed by atoms with van der Waals surface area (Å²) in [5, 5.41) is 28.7. The number of piperidine rings is 1. The number of ether oxygens (including phenoxy) is 1. The first kappa shape index (κ1) is 19.8. The zero-order valence-electron chi connectivity index (χ0n) is 14.6. The average molecular weight is 406 g/mol. The van der Waals surface area contributed by atoms with Crippen molar-refractivity contribution in [2.24, 2.45) is 10.7 Å². The molecule has 10 nitrogen and oxygen atoms in total. The number of carbonyl (C=O) groups is 1. The molecule has 0 aliphatic carbocycles. The van der Waals surface area contributed by atoms with Crippen molar-refractivity contribution in [3.63, 3.8) is 0 Å². The van der Waals surface area contributed by atoms with Gasteiger partial charge in [-0.1, -0.05) is 0 Å². The Morgan fingerprint density at radius 1 is 1.50 bits per heavy atom. The van der Waals surface area contributed by atoms with E-state index in [4.69, 9.17) is 15.7 Å². The molecule has 4 N–H and O–H groups in total. The third-order valence-corrected chi connectivity index (χ3v) is 5.82. The molecule has 148 valence electrons. The smallest absolute Gasteiger partial charge is 0.340 e. The summed E-state index contributed by atoms with van der Waals surface area (Å²) in [6.07, 6.45) is 1.19. The molecule has 28 heavy (non-hydrogen) atoms. The topological polar surface area (TPSA) is 166 Å². The SMILES string of the molecule is N#CN=CC1(C(=O)O)C(=S(=O)=O)CCCN1c1ccc2c(c1)CC(O)C(N)O2. The molecule has 1 saturated heterocycles. The van der Waals surface area contributed by atoms with E-state index < -0.39 is 34.1 Å². The van der Waals surface area contributed by atoms with Gasteiger partial charge in [0.1, 0.15) is 11.9 Å². The van der Waals surface area contributed by atoms with Crippen molar-refractivity contribution < 1.29 is 28.2 Å². The highest BCUT2D eigenvalue weighted by Gasteiger charge is 2.51. The molecule has 3 unspecified atom stereocenters. The number of hydrogen-bond donors (Lipinski definition) is 3. The highest BCUT2D eigenvalue weighted by atomic mass is 32.2. The van der Waals surface area contributed by atoms with Crippen molar-refractivity contribution in [2.45, 2.75) is 37.1 Å². The fourth-order valence-corrected chi connectivity index (χ4v) is 4.40. The Hall–Kier alpha value is -2.94. The number of rotatable bonds is 3. The van der Waals surface area contributed by atoms with E-state index in [0.29, 0.717) is 23.4 Å². The predicted octanol–water partition coefficient (Wildman–Crippen LogP) is -0.706. The Bertz CT molecular complexity index is 1010. The van der Waals surface area contributed by atoms with Crippen LogP contribution >= 0.6 is 0 Å². The van der Waals surface area contributed by atoms with Crippen molar-refractivity contribution in [3.8, 4) is 11.9 Å². The summed E-state index contributed by atoms with van der Waals surface area (Å²) in [4.78, 5) is 16.7. The maximum atomic E-state index is 12.2. The summed E-state index contributed by atoms with van der Waals surface area (Å²) in [6.45, 7) is 0.228. The Morgan fingerprint density at radius 3 is 2.89 bits per heavy atom. The number of carboxylic acid groups (broad SMARTS) is 1. The lowest BCUT2D eigenvalue weighted by Crippen LogP contribution is -2.65. The number of aliphatic imine (C=N–C) groups is 1. The van der Waals surface area contributed by atoms with E-state index in [1.165, 1.54) is 11.1 Å². The summed E-state index contributed by atoms with van der Waals surface area (Å²) in [5.41, 5.74) is 4.58. The minimum Gasteiger partial charge on any atom is -0.479 e. The van der Waals surface area contributed by atoms with Crippen LogP contribution in [0.5, 0.6) is 5.75 Å². The van der Waals surface area contributed by atoms with Gasteiger partial charge in [0, 0.05) is 18.7 Å². The van der Waals surface area contributed by atoms with Gasteiger partial charge in [-0.3, -0.25) is 5.73 Å². The molecular formula is C17H18N4O6S. The van der Waals surface area contributed by atoms with Crippen molar-refractivity contribution in [3.05, 3.63) is 23.8 Å². The molecule has 0 aromatic heterocycles. The van der Waals surface area contributed by atoms with Gasteiger partial charge >= 0.3 is 5.97 Å². The van der Waals surface area contributed by atoms with E-state index in [0.717, 1.165) is 6.21 Å². The van der Waals surface area contributed by atoms with Gasteiger partial charge in [0.15, 0.2) is 6.23 Å². The summed E-state index contributed by atoms with van der Waals surface area (Å²) in [6, 6.07) is 4.80. The molecule has 1 aromatic rings. The molecule has 2 aliphatic heterocycles. The fraction of sp³-hybridized carbons (Fsp3) is 0.412. The molecule has 0 radical (unpaired) electrons. The highest BCUT2D eigenvalue weighted by Crippen LogP contribution is 2.35. The standard InChI is InChI=1S/C17H18N4O6S/c18-9-20-8-17(16(23)24)14(28(25)26)2-1-5-21(17)11-3-4-13-10(6-11)7-12(22)15(19)27-13/h3-4,6,8,12,15,22H,1-2,5,7,19H2,(H,23,24). The van der Waals surface area contributed by atoms with Gasteiger partial charge in [0.25, 0.3) is 0 Å². The van der Waals surface area contributed by atoms with Gasteiger partial charge < -0.3 is 19.8 Å². The second-order valence-electron chi connectivity index (χ2n) is 6.49. The van der Waals surface area contributed by atoms with E-state index in [9.17, 15) is 23.4 Å². The zero-order chi connectivity index (χ0) is 20.5. The van der Waals surface area contributed by atoms with Crippen LogP contribution < -0.4 is 15.4 Å². The molecule has 0 saturated carbocycles. The molecule has 0 amide bonds. The van der Waals surface area contributed by atoms with Crippen molar-refractivity contribution >= 4 is 33.0 Å². The van der Waals surface area contributed by atoms with Crippen LogP contribution in [0.25, 0.3) is 0 Å².